The van der Waals surface area contributed by atoms with Gasteiger partial charge in [-0.05, 0) is 51.7 Å². The molecule has 1 aromatic carbocycles. The maximum absolute atomic E-state index is 12.7. The zero-order valence-corrected chi connectivity index (χ0v) is 15.2. The summed E-state index contributed by atoms with van der Waals surface area (Å²) in [5.41, 5.74) is 1.13. The van der Waals surface area contributed by atoms with Crippen LogP contribution in [0, 0.1) is 0 Å². The zero-order chi connectivity index (χ0) is 19.4. The highest BCUT2D eigenvalue weighted by atomic mass is 19.4. The van der Waals surface area contributed by atoms with Crippen molar-refractivity contribution in [3.63, 3.8) is 0 Å². The Balaban J connectivity index is 1.75. The van der Waals surface area contributed by atoms with Gasteiger partial charge >= 0.3 is 6.18 Å². The predicted molar refractivity (Wildman–Crippen MR) is 96.7 cm³/mol. The van der Waals surface area contributed by atoms with Crippen LogP contribution in [0.25, 0.3) is 16.9 Å². The largest absolute Gasteiger partial charge is 0.477 e. The van der Waals surface area contributed by atoms with Crippen molar-refractivity contribution < 1.29 is 17.9 Å². The summed E-state index contributed by atoms with van der Waals surface area (Å²) in [5.74, 6) is 0.457. The number of fused-ring (bicyclic) bond motifs is 1. The number of halogens is 3. The van der Waals surface area contributed by atoms with E-state index in [-0.39, 0.29) is 0 Å². The van der Waals surface area contributed by atoms with Crippen LogP contribution < -0.4 is 4.74 Å². The lowest BCUT2D eigenvalue weighted by molar-refractivity contribution is -0.137. The fraction of sp³-hybridized carbons (Fsp3) is 0.368. The summed E-state index contributed by atoms with van der Waals surface area (Å²) >= 11 is 0. The van der Waals surface area contributed by atoms with Crippen LogP contribution in [0.1, 0.15) is 18.4 Å². The number of rotatable bonds is 7. The summed E-state index contributed by atoms with van der Waals surface area (Å²) in [4.78, 5) is 6.37. The summed E-state index contributed by atoms with van der Waals surface area (Å²) < 4.78 is 45.5. The first-order valence-electron chi connectivity index (χ1n) is 8.64. The Morgan fingerprint density at radius 1 is 1.04 bits per heavy atom. The van der Waals surface area contributed by atoms with Crippen molar-refractivity contribution in [2.75, 3.05) is 27.2 Å². The third kappa shape index (κ3) is 4.77. The van der Waals surface area contributed by atoms with E-state index < -0.39 is 11.7 Å². The topological polar surface area (TPSA) is 42.7 Å². The molecule has 0 saturated heterocycles. The molecule has 2 aromatic heterocycles. The SMILES string of the molecule is CN(C)CCCCOc1ccc2ncc(-c3ccc(C(F)(F)F)cc3)n2n1. The molecule has 0 aliphatic carbocycles. The molecule has 3 rings (SSSR count). The number of alkyl halides is 3. The molecule has 0 N–H and O–H groups in total. The first-order valence-corrected chi connectivity index (χ1v) is 8.64. The maximum atomic E-state index is 12.7. The van der Waals surface area contributed by atoms with Crippen molar-refractivity contribution >= 4 is 5.65 Å². The second kappa shape index (κ2) is 7.96. The van der Waals surface area contributed by atoms with Gasteiger partial charge in [0.15, 0.2) is 5.65 Å². The monoisotopic (exact) mass is 378 g/mol. The van der Waals surface area contributed by atoms with E-state index >= 15 is 0 Å². The quantitative estimate of drug-likeness (QED) is 0.580. The van der Waals surface area contributed by atoms with Crippen LogP contribution >= 0.6 is 0 Å². The third-order valence-corrected chi connectivity index (χ3v) is 4.10. The van der Waals surface area contributed by atoms with Crippen molar-refractivity contribution in [1.29, 1.82) is 0 Å². The Morgan fingerprint density at radius 3 is 2.44 bits per heavy atom. The zero-order valence-electron chi connectivity index (χ0n) is 15.2. The lowest BCUT2D eigenvalue weighted by Gasteiger charge is -2.10. The van der Waals surface area contributed by atoms with E-state index in [1.165, 1.54) is 12.1 Å². The van der Waals surface area contributed by atoms with Gasteiger partial charge in [-0.25, -0.2) is 9.50 Å². The number of hydrogen-bond acceptors (Lipinski definition) is 4. The van der Waals surface area contributed by atoms with Crippen LogP contribution in [0.15, 0.2) is 42.6 Å². The first kappa shape index (κ1) is 19.2. The third-order valence-electron chi connectivity index (χ3n) is 4.10. The van der Waals surface area contributed by atoms with Gasteiger partial charge in [0.1, 0.15) is 0 Å². The summed E-state index contributed by atoms with van der Waals surface area (Å²) in [6, 6.07) is 8.46. The molecular formula is C19H21F3N4O. The van der Waals surface area contributed by atoms with Crippen LogP contribution in [-0.4, -0.2) is 46.7 Å². The van der Waals surface area contributed by atoms with Gasteiger partial charge in [0, 0.05) is 11.6 Å². The van der Waals surface area contributed by atoms with Gasteiger partial charge in [-0.2, -0.15) is 13.2 Å². The molecule has 0 aliphatic heterocycles. The van der Waals surface area contributed by atoms with Crippen molar-refractivity contribution in [2.24, 2.45) is 0 Å². The second-order valence-electron chi connectivity index (χ2n) is 6.52. The highest BCUT2D eigenvalue weighted by Gasteiger charge is 2.30. The van der Waals surface area contributed by atoms with E-state index in [1.807, 2.05) is 14.1 Å². The molecule has 27 heavy (non-hydrogen) atoms. The summed E-state index contributed by atoms with van der Waals surface area (Å²) in [5, 5.41) is 4.41. The van der Waals surface area contributed by atoms with Gasteiger partial charge in [-0.3, -0.25) is 0 Å². The molecule has 0 bridgehead atoms. The van der Waals surface area contributed by atoms with Crippen LogP contribution in [0.3, 0.4) is 0 Å². The molecule has 2 heterocycles. The molecule has 0 radical (unpaired) electrons. The molecule has 0 unspecified atom stereocenters. The molecule has 0 spiro atoms. The van der Waals surface area contributed by atoms with Gasteiger partial charge in [0.2, 0.25) is 5.88 Å². The standard InChI is InChI=1S/C19H21F3N4O/c1-25(2)11-3-4-12-27-18-10-9-17-23-13-16(26(17)24-18)14-5-7-15(8-6-14)19(20,21)22/h5-10,13H,3-4,11-12H2,1-2H3. The average Bonchev–Trinajstić information content (AvgIpc) is 3.04. The average molecular weight is 378 g/mol. The van der Waals surface area contributed by atoms with Crippen LogP contribution in [0.2, 0.25) is 0 Å². The number of aromatic nitrogens is 3. The molecular weight excluding hydrogens is 357 g/mol. The molecule has 0 atom stereocenters. The number of benzene rings is 1. The Bertz CT molecular complexity index is 888. The summed E-state index contributed by atoms with van der Waals surface area (Å²) in [6.45, 7) is 1.55. The maximum Gasteiger partial charge on any atom is 0.416 e. The minimum absolute atomic E-state index is 0.457. The Hall–Kier alpha value is -2.61. The van der Waals surface area contributed by atoms with E-state index in [9.17, 15) is 13.2 Å². The summed E-state index contributed by atoms with van der Waals surface area (Å²) in [7, 11) is 4.05. The van der Waals surface area contributed by atoms with E-state index in [2.05, 4.69) is 15.0 Å². The number of unbranched alkanes of at least 4 members (excludes halogenated alkanes) is 1. The second-order valence-corrected chi connectivity index (χ2v) is 6.52. The van der Waals surface area contributed by atoms with E-state index in [0.717, 1.165) is 31.5 Å². The fourth-order valence-electron chi connectivity index (χ4n) is 2.67. The number of hydrogen-bond donors (Lipinski definition) is 0. The van der Waals surface area contributed by atoms with Crippen LogP contribution in [0.4, 0.5) is 13.2 Å². The molecule has 0 aliphatic rings. The lowest BCUT2D eigenvalue weighted by atomic mass is 10.1. The van der Waals surface area contributed by atoms with Gasteiger partial charge in [0.05, 0.1) is 24.1 Å². The van der Waals surface area contributed by atoms with Crippen molar-refractivity contribution in [3.8, 4) is 17.1 Å². The van der Waals surface area contributed by atoms with E-state index in [4.69, 9.17) is 4.74 Å². The Labute approximate surface area is 155 Å². The molecule has 5 nitrogen and oxygen atoms in total. The Morgan fingerprint density at radius 2 is 1.78 bits per heavy atom. The molecule has 0 fully saturated rings. The normalized spacial score (nSPS) is 12.1. The van der Waals surface area contributed by atoms with Gasteiger partial charge in [0.25, 0.3) is 0 Å². The smallest absolute Gasteiger partial charge is 0.416 e. The van der Waals surface area contributed by atoms with Crippen molar-refractivity contribution in [2.45, 2.75) is 19.0 Å². The van der Waals surface area contributed by atoms with Crippen molar-refractivity contribution in [1.82, 2.24) is 19.5 Å². The van der Waals surface area contributed by atoms with Gasteiger partial charge in [-0.1, -0.05) is 12.1 Å². The number of nitrogens with zero attached hydrogens (tertiary/aromatic N) is 4. The first-order chi connectivity index (χ1) is 12.8. The molecule has 3 aromatic rings. The molecule has 0 amide bonds. The van der Waals surface area contributed by atoms with Crippen molar-refractivity contribution in [3.05, 3.63) is 48.2 Å². The number of ether oxygens (including phenoxy) is 1. The predicted octanol–water partition coefficient (Wildman–Crippen LogP) is 4.14. The van der Waals surface area contributed by atoms with E-state index in [1.54, 1.807) is 22.8 Å². The molecule has 0 saturated carbocycles. The molecule has 144 valence electrons. The summed E-state index contributed by atoms with van der Waals surface area (Å²) in [6.07, 6.45) is -0.833. The highest BCUT2D eigenvalue weighted by Crippen LogP contribution is 2.31. The minimum atomic E-state index is -4.36. The highest BCUT2D eigenvalue weighted by molar-refractivity contribution is 5.63. The molecule has 8 heteroatoms. The Kier molecular flexibility index (Phi) is 5.65. The van der Waals surface area contributed by atoms with E-state index in [0.29, 0.717) is 29.4 Å². The lowest BCUT2D eigenvalue weighted by Crippen LogP contribution is -2.14. The fourth-order valence-corrected chi connectivity index (χ4v) is 2.67. The van der Waals surface area contributed by atoms with Crippen LogP contribution in [-0.2, 0) is 6.18 Å². The van der Waals surface area contributed by atoms with Crippen LogP contribution in [0.5, 0.6) is 5.88 Å². The minimum Gasteiger partial charge on any atom is -0.477 e. The van der Waals surface area contributed by atoms with Gasteiger partial charge < -0.3 is 9.64 Å². The number of imidazole rings is 1. The van der Waals surface area contributed by atoms with Gasteiger partial charge in [-0.15, -0.1) is 5.10 Å².